The van der Waals surface area contributed by atoms with Crippen LogP contribution in [0.4, 0.5) is 5.82 Å². The maximum absolute atomic E-state index is 11.9. The molecule has 2 aromatic rings. The van der Waals surface area contributed by atoms with E-state index in [9.17, 15) is 19.6 Å². The van der Waals surface area contributed by atoms with Gasteiger partial charge < -0.3 is 29.7 Å². The van der Waals surface area contributed by atoms with Gasteiger partial charge in [-0.3, -0.25) is 13.9 Å². The number of hydrogen-bond acceptors (Lipinski definition) is 12. The SMILES string of the molecule is COC(CO[PH](=O)OCCSC(=O)C(C)(C)CO)[C@H](O)/C=C/n1cnc2c(N)nc(Cl)nc21. The van der Waals surface area contributed by atoms with Gasteiger partial charge in [-0.1, -0.05) is 11.8 Å². The lowest BCUT2D eigenvalue weighted by Crippen LogP contribution is -2.30. The van der Waals surface area contributed by atoms with Crippen LogP contribution in [0.1, 0.15) is 13.8 Å². The number of aliphatic hydroxyl groups excluding tert-OH is 2. The van der Waals surface area contributed by atoms with Crippen LogP contribution < -0.4 is 5.73 Å². The van der Waals surface area contributed by atoms with E-state index in [1.54, 1.807) is 13.8 Å². The number of nitrogens with two attached hydrogens (primary N) is 1. The Morgan fingerprint density at radius 1 is 1.42 bits per heavy atom. The fraction of sp³-hybridized carbons (Fsp3) is 0.556. The molecule has 0 amide bonds. The second-order valence-electron chi connectivity index (χ2n) is 7.40. The third-order valence-electron chi connectivity index (χ3n) is 4.40. The minimum absolute atomic E-state index is 0.0249. The Bertz CT molecular complexity index is 1010. The van der Waals surface area contributed by atoms with Crippen molar-refractivity contribution in [3.05, 3.63) is 17.7 Å². The number of anilines is 1. The average molecular weight is 524 g/mol. The number of rotatable bonds is 13. The number of fused-ring (bicyclic) bond motifs is 1. The van der Waals surface area contributed by atoms with Crippen molar-refractivity contribution < 1.29 is 33.4 Å². The molecule has 0 aromatic carbocycles. The number of aromatic nitrogens is 4. The first kappa shape index (κ1) is 27.7. The third kappa shape index (κ3) is 8.01. The summed E-state index contributed by atoms with van der Waals surface area (Å²) in [5.74, 6) is 0.392. The van der Waals surface area contributed by atoms with Crippen molar-refractivity contribution >= 4 is 59.9 Å². The van der Waals surface area contributed by atoms with Crippen LogP contribution in [0.15, 0.2) is 12.4 Å². The van der Waals surface area contributed by atoms with Crippen molar-refractivity contribution in [1.29, 1.82) is 0 Å². The number of carbonyl (C=O) groups is 1. The molecular formula is C18H27ClN5O7PS. The molecule has 2 heterocycles. The summed E-state index contributed by atoms with van der Waals surface area (Å²) in [6.07, 6.45) is 2.39. The van der Waals surface area contributed by atoms with E-state index in [4.69, 9.17) is 31.1 Å². The van der Waals surface area contributed by atoms with Crippen LogP contribution in [0, 0.1) is 5.41 Å². The van der Waals surface area contributed by atoms with Gasteiger partial charge in [0.15, 0.2) is 22.1 Å². The van der Waals surface area contributed by atoms with Crippen LogP contribution in [0.25, 0.3) is 17.4 Å². The molecule has 4 N–H and O–H groups in total. The summed E-state index contributed by atoms with van der Waals surface area (Å²) in [5, 5.41) is 19.3. The molecule has 0 fully saturated rings. The number of nitrogens with zero attached hydrogens (tertiary/aromatic N) is 4. The Balaban J connectivity index is 1.82. The molecule has 0 radical (unpaired) electrons. The number of ether oxygens (including phenoxy) is 1. The molecule has 0 saturated heterocycles. The maximum atomic E-state index is 11.9. The highest BCUT2D eigenvalue weighted by molar-refractivity contribution is 8.13. The van der Waals surface area contributed by atoms with E-state index >= 15 is 0 Å². The topological polar surface area (TPSA) is 172 Å². The molecule has 0 aliphatic heterocycles. The quantitative estimate of drug-likeness (QED) is 0.197. The molecule has 15 heteroatoms. The number of methoxy groups -OCH3 is 1. The Labute approximate surface area is 200 Å². The zero-order chi connectivity index (χ0) is 24.6. The largest absolute Gasteiger partial charge is 0.395 e. The first-order valence-electron chi connectivity index (χ1n) is 9.71. The summed E-state index contributed by atoms with van der Waals surface area (Å²) in [4.78, 5) is 23.9. The van der Waals surface area contributed by atoms with E-state index in [1.807, 2.05) is 0 Å². The van der Waals surface area contributed by atoms with Gasteiger partial charge in [0.25, 0.3) is 0 Å². The van der Waals surface area contributed by atoms with E-state index in [0.29, 0.717) is 11.2 Å². The molecule has 0 bridgehead atoms. The molecular weight excluding hydrogens is 497 g/mol. The average Bonchev–Trinajstić information content (AvgIpc) is 3.18. The zero-order valence-electron chi connectivity index (χ0n) is 18.3. The number of hydrogen-bond donors (Lipinski definition) is 3. The lowest BCUT2D eigenvalue weighted by Gasteiger charge is -2.19. The molecule has 3 atom stereocenters. The molecule has 184 valence electrons. The summed E-state index contributed by atoms with van der Waals surface area (Å²) >= 11 is 6.81. The van der Waals surface area contributed by atoms with E-state index in [1.165, 1.54) is 30.3 Å². The number of aliphatic hydroxyl groups is 2. The van der Waals surface area contributed by atoms with Gasteiger partial charge in [0.05, 0.1) is 25.2 Å². The number of thioether (sulfide) groups is 1. The molecule has 2 unspecified atom stereocenters. The van der Waals surface area contributed by atoms with Crippen LogP contribution in [-0.2, 0) is 23.1 Å². The molecule has 0 aliphatic rings. The van der Waals surface area contributed by atoms with E-state index < -0.39 is 25.9 Å². The molecule has 0 aliphatic carbocycles. The van der Waals surface area contributed by atoms with Gasteiger partial charge in [0, 0.05) is 19.1 Å². The predicted molar refractivity (Wildman–Crippen MR) is 126 cm³/mol. The van der Waals surface area contributed by atoms with Crippen molar-refractivity contribution in [3.8, 4) is 0 Å². The monoisotopic (exact) mass is 523 g/mol. The van der Waals surface area contributed by atoms with E-state index in [0.717, 1.165) is 11.8 Å². The van der Waals surface area contributed by atoms with E-state index in [-0.39, 0.29) is 41.8 Å². The van der Waals surface area contributed by atoms with Crippen molar-refractivity contribution in [2.75, 3.05) is 38.4 Å². The van der Waals surface area contributed by atoms with Crippen molar-refractivity contribution in [3.63, 3.8) is 0 Å². The second-order valence-corrected chi connectivity index (χ2v) is 9.88. The third-order valence-corrected chi connectivity index (χ3v) is 6.60. The molecule has 2 rings (SSSR count). The number of halogens is 1. The Morgan fingerprint density at radius 2 is 2.15 bits per heavy atom. The fourth-order valence-corrected chi connectivity index (χ4v) is 4.12. The minimum Gasteiger partial charge on any atom is -0.395 e. The predicted octanol–water partition coefficient (Wildman–Crippen LogP) is 1.61. The molecule has 33 heavy (non-hydrogen) atoms. The summed E-state index contributed by atoms with van der Waals surface area (Å²) in [5.41, 5.74) is 5.63. The second kappa shape index (κ2) is 12.8. The highest BCUT2D eigenvalue weighted by Gasteiger charge is 2.26. The molecule has 0 saturated carbocycles. The van der Waals surface area contributed by atoms with Crippen LogP contribution in [0.5, 0.6) is 0 Å². The summed E-state index contributed by atoms with van der Waals surface area (Å²) < 4.78 is 28.9. The number of carbonyl (C=O) groups excluding carboxylic acids is 1. The van der Waals surface area contributed by atoms with Gasteiger partial charge >= 0.3 is 8.25 Å². The van der Waals surface area contributed by atoms with Crippen molar-refractivity contribution in [2.45, 2.75) is 26.1 Å². The molecule has 0 spiro atoms. The first-order chi connectivity index (χ1) is 15.6. The Morgan fingerprint density at radius 3 is 2.82 bits per heavy atom. The standard InChI is InChI=1S/C18H27ClN5O7PS/c1-18(2,9-25)16(27)33-7-6-30-32(28)31-8-12(29-3)11(26)4-5-24-10-21-13-14(20)22-17(19)23-15(13)24/h4-5,10-12,25-26,32H,6-9H2,1-3H3,(H2,20,22,23)/b5-4+/t11-,12?/m1/s1. The van der Waals surface area contributed by atoms with Gasteiger partial charge in [0.2, 0.25) is 5.28 Å². The van der Waals surface area contributed by atoms with Crippen LogP contribution in [0.2, 0.25) is 5.28 Å². The minimum atomic E-state index is -2.86. The lowest BCUT2D eigenvalue weighted by atomic mass is 9.97. The highest BCUT2D eigenvalue weighted by Crippen LogP contribution is 2.27. The first-order valence-corrected chi connectivity index (χ1v) is 12.3. The number of imidazole rings is 1. The number of nitrogen functional groups attached to an aromatic ring is 1. The normalized spacial score (nSPS) is 15.2. The Kier molecular flexibility index (Phi) is 10.7. The van der Waals surface area contributed by atoms with Gasteiger partial charge in [-0.05, 0) is 31.5 Å². The van der Waals surface area contributed by atoms with Crippen LogP contribution in [-0.4, -0.2) is 79.7 Å². The summed E-state index contributed by atoms with van der Waals surface area (Å²) in [7, 11) is -1.49. The van der Waals surface area contributed by atoms with Crippen molar-refractivity contribution in [2.24, 2.45) is 5.41 Å². The van der Waals surface area contributed by atoms with Gasteiger partial charge in [-0.2, -0.15) is 9.97 Å². The maximum Gasteiger partial charge on any atom is 0.319 e. The lowest BCUT2D eigenvalue weighted by molar-refractivity contribution is -0.119. The zero-order valence-corrected chi connectivity index (χ0v) is 20.9. The molecule has 12 nitrogen and oxygen atoms in total. The highest BCUT2D eigenvalue weighted by atomic mass is 35.5. The summed E-state index contributed by atoms with van der Waals surface area (Å²) in [6.45, 7) is 2.83. The van der Waals surface area contributed by atoms with E-state index in [2.05, 4.69) is 15.0 Å². The van der Waals surface area contributed by atoms with Gasteiger partial charge in [-0.25, -0.2) is 4.98 Å². The Hall–Kier alpha value is -1.57. The molecule has 2 aromatic heterocycles. The smallest absolute Gasteiger partial charge is 0.319 e. The van der Waals surface area contributed by atoms with Crippen molar-refractivity contribution in [1.82, 2.24) is 19.5 Å². The fourth-order valence-electron chi connectivity index (χ4n) is 2.34. The van der Waals surface area contributed by atoms with Crippen LogP contribution >= 0.6 is 31.6 Å². The van der Waals surface area contributed by atoms with Gasteiger partial charge in [-0.15, -0.1) is 0 Å². The summed E-state index contributed by atoms with van der Waals surface area (Å²) in [6, 6.07) is 0. The van der Waals surface area contributed by atoms with Crippen LogP contribution in [0.3, 0.4) is 0 Å². The van der Waals surface area contributed by atoms with Gasteiger partial charge in [0.1, 0.15) is 18.5 Å².